The number of nitrogens with one attached hydrogen (secondary N) is 2. The molecule has 5 heteroatoms. The normalized spacial score (nSPS) is 10.8. The van der Waals surface area contributed by atoms with Gasteiger partial charge in [0.15, 0.2) is 0 Å². The van der Waals surface area contributed by atoms with Gasteiger partial charge in [0.2, 0.25) is 0 Å². The summed E-state index contributed by atoms with van der Waals surface area (Å²) in [5.41, 5.74) is 4.12. The highest BCUT2D eigenvalue weighted by Crippen LogP contribution is 2.20. The number of fused-ring (bicyclic) bond motifs is 1. The Bertz CT molecular complexity index is 869. The highest BCUT2D eigenvalue weighted by molar-refractivity contribution is 5.90. The van der Waals surface area contributed by atoms with E-state index in [0.29, 0.717) is 6.54 Å². The smallest absolute Gasteiger partial charge is 0.319 e. The summed E-state index contributed by atoms with van der Waals surface area (Å²) in [6.45, 7) is 5.67. The molecule has 0 bridgehead atoms. The van der Waals surface area contributed by atoms with Crippen molar-refractivity contribution in [2.75, 3.05) is 11.9 Å². The Morgan fingerprint density at radius 2 is 2.04 bits per heavy atom. The van der Waals surface area contributed by atoms with Gasteiger partial charge in [-0.1, -0.05) is 25.1 Å². The zero-order chi connectivity index (χ0) is 17.6. The van der Waals surface area contributed by atoms with E-state index in [1.54, 1.807) is 0 Å². The van der Waals surface area contributed by atoms with Crippen molar-refractivity contribution in [1.82, 2.24) is 14.9 Å². The maximum Gasteiger partial charge on any atom is 0.319 e. The highest BCUT2D eigenvalue weighted by Gasteiger charge is 2.09. The van der Waals surface area contributed by atoms with E-state index in [0.717, 1.165) is 41.7 Å². The lowest BCUT2D eigenvalue weighted by Gasteiger charge is -2.09. The molecule has 2 aromatic heterocycles. The Morgan fingerprint density at radius 1 is 1.20 bits per heavy atom. The van der Waals surface area contributed by atoms with Crippen molar-refractivity contribution in [3.05, 3.63) is 59.9 Å². The molecule has 3 aromatic rings. The van der Waals surface area contributed by atoms with Crippen LogP contribution >= 0.6 is 0 Å². The van der Waals surface area contributed by atoms with Crippen LogP contribution in [0.25, 0.3) is 11.0 Å². The molecule has 1 aromatic carbocycles. The number of urea groups is 1. The molecule has 2 N–H and O–H groups in total. The second kappa shape index (κ2) is 7.83. The van der Waals surface area contributed by atoms with Crippen LogP contribution in [0, 0.1) is 6.92 Å². The molecular formula is C20H24N4O. The van der Waals surface area contributed by atoms with Gasteiger partial charge in [0.1, 0.15) is 5.65 Å². The first-order chi connectivity index (χ1) is 12.2. The summed E-state index contributed by atoms with van der Waals surface area (Å²) >= 11 is 0. The predicted molar refractivity (Wildman–Crippen MR) is 102 cm³/mol. The summed E-state index contributed by atoms with van der Waals surface area (Å²) in [4.78, 5) is 16.6. The quantitative estimate of drug-likeness (QED) is 0.711. The molecule has 0 saturated heterocycles. The molecule has 0 aliphatic carbocycles. The van der Waals surface area contributed by atoms with E-state index in [1.807, 2.05) is 43.5 Å². The molecule has 0 spiro atoms. The number of rotatable bonds is 6. The van der Waals surface area contributed by atoms with Crippen molar-refractivity contribution >= 4 is 22.8 Å². The Kier molecular flexibility index (Phi) is 5.33. The number of para-hydroxylation sites is 1. The van der Waals surface area contributed by atoms with Crippen LogP contribution in [0.3, 0.4) is 0 Å². The van der Waals surface area contributed by atoms with Crippen LogP contribution in [0.5, 0.6) is 0 Å². The number of aromatic nitrogens is 2. The first kappa shape index (κ1) is 17.0. The number of carbonyl (C=O) groups is 1. The summed E-state index contributed by atoms with van der Waals surface area (Å²) in [7, 11) is 0. The van der Waals surface area contributed by atoms with E-state index < -0.39 is 0 Å². The van der Waals surface area contributed by atoms with Crippen LogP contribution in [-0.4, -0.2) is 22.1 Å². The third-order valence-corrected chi connectivity index (χ3v) is 4.25. The summed E-state index contributed by atoms with van der Waals surface area (Å²) in [6, 6.07) is 11.6. The van der Waals surface area contributed by atoms with Crippen molar-refractivity contribution in [1.29, 1.82) is 0 Å². The molecule has 3 rings (SSSR count). The minimum Gasteiger partial charge on any atom is -0.338 e. The van der Waals surface area contributed by atoms with E-state index >= 15 is 0 Å². The third kappa shape index (κ3) is 3.99. The number of pyridine rings is 1. The average molecular weight is 336 g/mol. The SMILES string of the molecule is CCCn1cc(CCNC(=O)Nc2ccccc2C)c2cccnc21. The fourth-order valence-corrected chi connectivity index (χ4v) is 3.00. The van der Waals surface area contributed by atoms with Crippen molar-refractivity contribution in [3.63, 3.8) is 0 Å². The number of hydrogen-bond acceptors (Lipinski definition) is 2. The molecule has 130 valence electrons. The molecule has 5 nitrogen and oxygen atoms in total. The maximum absolute atomic E-state index is 12.1. The maximum atomic E-state index is 12.1. The van der Waals surface area contributed by atoms with Gasteiger partial charge in [-0.05, 0) is 49.1 Å². The molecule has 0 saturated carbocycles. The molecule has 0 atom stereocenters. The first-order valence-corrected chi connectivity index (χ1v) is 8.72. The standard InChI is InChI=1S/C20H24N4O/c1-3-13-24-14-16(17-8-6-11-21-19(17)24)10-12-22-20(25)23-18-9-5-4-7-15(18)2/h4-9,11,14H,3,10,12-13H2,1-2H3,(H2,22,23,25). The van der Waals surface area contributed by atoms with Gasteiger partial charge < -0.3 is 15.2 Å². The molecule has 0 aliphatic heterocycles. The summed E-state index contributed by atoms with van der Waals surface area (Å²) in [6.07, 6.45) is 5.82. The van der Waals surface area contributed by atoms with Crippen LogP contribution in [-0.2, 0) is 13.0 Å². The van der Waals surface area contributed by atoms with Gasteiger partial charge in [0.25, 0.3) is 0 Å². The van der Waals surface area contributed by atoms with Gasteiger partial charge >= 0.3 is 6.03 Å². The topological polar surface area (TPSA) is 59.0 Å². The van der Waals surface area contributed by atoms with E-state index in [4.69, 9.17) is 0 Å². The van der Waals surface area contributed by atoms with Crippen LogP contribution in [0.4, 0.5) is 10.5 Å². The first-order valence-electron chi connectivity index (χ1n) is 8.72. The summed E-state index contributed by atoms with van der Waals surface area (Å²) < 4.78 is 2.19. The van der Waals surface area contributed by atoms with Gasteiger partial charge in [-0.3, -0.25) is 0 Å². The Balaban J connectivity index is 1.61. The van der Waals surface area contributed by atoms with Crippen LogP contribution in [0.2, 0.25) is 0 Å². The fourth-order valence-electron chi connectivity index (χ4n) is 3.00. The van der Waals surface area contributed by atoms with Crippen LogP contribution in [0.15, 0.2) is 48.8 Å². The molecule has 2 amide bonds. The lowest BCUT2D eigenvalue weighted by Crippen LogP contribution is -2.30. The lowest BCUT2D eigenvalue weighted by atomic mass is 10.1. The fraction of sp³-hybridized carbons (Fsp3) is 0.300. The average Bonchev–Trinajstić information content (AvgIpc) is 2.96. The van der Waals surface area contributed by atoms with Crippen molar-refractivity contribution in [3.8, 4) is 0 Å². The van der Waals surface area contributed by atoms with Gasteiger partial charge in [-0.25, -0.2) is 9.78 Å². The van der Waals surface area contributed by atoms with Gasteiger partial charge in [-0.15, -0.1) is 0 Å². The van der Waals surface area contributed by atoms with Crippen LogP contribution < -0.4 is 10.6 Å². The number of hydrogen-bond donors (Lipinski definition) is 2. The van der Waals surface area contributed by atoms with Crippen molar-refractivity contribution in [2.24, 2.45) is 0 Å². The molecule has 0 radical (unpaired) electrons. The molecular weight excluding hydrogens is 312 g/mol. The highest BCUT2D eigenvalue weighted by atomic mass is 16.2. The number of benzene rings is 1. The second-order valence-electron chi connectivity index (χ2n) is 6.17. The van der Waals surface area contributed by atoms with Crippen LogP contribution in [0.1, 0.15) is 24.5 Å². The number of anilines is 1. The second-order valence-corrected chi connectivity index (χ2v) is 6.17. The van der Waals surface area contributed by atoms with Gasteiger partial charge in [0.05, 0.1) is 0 Å². The molecule has 0 unspecified atom stereocenters. The Labute approximate surface area is 148 Å². The largest absolute Gasteiger partial charge is 0.338 e. The zero-order valence-corrected chi connectivity index (χ0v) is 14.7. The van der Waals surface area contributed by atoms with E-state index in [2.05, 4.69) is 39.4 Å². The monoisotopic (exact) mass is 336 g/mol. The number of aryl methyl sites for hydroxylation is 2. The summed E-state index contributed by atoms with van der Waals surface area (Å²) in [5.74, 6) is 0. The Hall–Kier alpha value is -2.82. The number of carbonyl (C=O) groups excluding carboxylic acids is 1. The predicted octanol–water partition coefficient (Wildman–Crippen LogP) is 4.12. The van der Waals surface area contributed by atoms with E-state index in [1.165, 1.54) is 5.56 Å². The van der Waals surface area contributed by atoms with Gasteiger partial charge in [0, 0.05) is 36.6 Å². The number of amides is 2. The number of nitrogens with zero attached hydrogens (tertiary/aromatic N) is 2. The molecule has 2 heterocycles. The van der Waals surface area contributed by atoms with Gasteiger partial charge in [-0.2, -0.15) is 0 Å². The Morgan fingerprint density at radius 3 is 2.84 bits per heavy atom. The zero-order valence-electron chi connectivity index (χ0n) is 14.7. The van der Waals surface area contributed by atoms with Crippen molar-refractivity contribution < 1.29 is 4.79 Å². The van der Waals surface area contributed by atoms with E-state index in [-0.39, 0.29) is 6.03 Å². The molecule has 0 fully saturated rings. The summed E-state index contributed by atoms with van der Waals surface area (Å²) in [5, 5.41) is 6.99. The molecule has 25 heavy (non-hydrogen) atoms. The minimum absolute atomic E-state index is 0.176. The van der Waals surface area contributed by atoms with Crippen molar-refractivity contribution in [2.45, 2.75) is 33.2 Å². The lowest BCUT2D eigenvalue weighted by molar-refractivity contribution is 0.252. The molecule has 0 aliphatic rings. The third-order valence-electron chi connectivity index (χ3n) is 4.25. The van der Waals surface area contributed by atoms with E-state index in [9.17, 15) is 4.79 Å². The minimum atomic E-state index is -0.176.